The third-order valence-electron chi connectivity index (χ3n) is 3.19. The van der Waals surface area contributed by atoms with Gasteiger partial charge in [0.1, 0.15) is 0 Å². The molecule has 2 aliphatic carbocycles. The van der Waals surface area contributed by atoms with Gasteiger partial charge >= 0.3 is 6.18 Å². The Morgan fingerprint density at radius 2 is 1.67 bits per heavy atom. The van der Waals surface area contributed by atoms with Crippen molar-refractivity contribution in [1.29, 1.82) is 0 Å². The number of hydrogen-bond donors (Lipinski definition) is 0. The van der Waals surface area contributed by atoms with Crippen molar-refractivity contribution in [2.24, 2.45) is 17.8 Å². The third-order valence-corrected chi connectivity index (χ3v) is 4.98. The second-order valence-electron chi connectivity index (χ2n) is 3.85. The zero-order chi connectivity index (χ0) is 8.93. The average molecular weight is 290 g/mol. The van der Waals surface area contributed by atoms with E-state index < -0.39 is 12.1 Å². The van der Waals surface area contributed by atoms with Crippen LogP contribution in [0.1, 0.15) is 19.3 Å². The summed E-state index contributed by atoms with van der Waals surface area (Å²) in [5.41, 5.74) is 0. The quantitative estimate of drug-likeness (QED) is 0.474. The Morgan fingerprint density at radius 1 is 1.08 bits per heavy atom. The van der Waals surface area contributed by atoms with E-state index in [1.165, 1.54) is 0 Å². The van der Waals surface area contributed by atoms with Crippen LogP contribution in [-0.2, 0) is 0 Å². The fraction of sp³-hybridized carbons (Fsp3) is 1.00. The van der Waals surface area contributed by atoms with Gasteiger partial charge in [-0.05, 0) is 31.1 Å². The molecule has 0 radical (unpaired) electrons. The first-order chi connectivity index (χ1) is 5.50. The van der Waals surface area contributed by atoms with Gasteiger partial charge in [-0.2, -0.15) is 13.2 Å². The Kier molecular flexibility index (Phi) is 2.09. The van der Waals surface area contributed by atoms with Crippen LogP contribution in [0.2, 0.25) is 0 Å². The summed E-state index contributed by atoms with van der Waals surface area (Å²) in [5, 5.41) is 0. The van der Waals surface area contributed by atoms with Gasteiger partial charge in [-0.25, -0.2) is 0 Å². The summed E-state index contributed by atoms with van der Waals surface area (Å²) in [7, 11) is 0. The minimum atomic E-state index is -3.95. The molecule has 70 valence electrons. The molecule has 2 saturated carbocycles. The Balaban J connectivity index is 2.17. The van der Waals surface area contributed by atoms with E-state index in [1.807, 2.05) is 22.6 Å². The van der Waals surface area contributed by atoms with Crippen LogP contribution >= 0.6 is 22.6 Å². The fourth-order valence-electron chi connectivity index (χ4n) is 2.67. The predicted octanol–water partition coefficient (Wildman–Crippen LogP) is 3.40. The highest BCUT2D eigenvalue weighted by molar-refractivity contribution is 14.1. The number of alkyl halides is 4. The first-order valence-corrected chi connectivity index (χ1v) is 5.45. The summed E-state index contributed by atoms with van der Waals surface area (Å²) in [6.45, 7) is 0. The topological polar surface area (TPSA) is 0 Å². The minimum Gasteiger partial charge on any atom is -0.171 e. The maximum absolute atomic E-state index is 12.5. The summed E-state index contributed by atoms with van der Waals surface area (Å²) >= 11 is 1.99. The van der Waals surface area contributed by atoms with Crippen molar-refractivity contribution in [3.05, 3.63) is 0 Å². The Bertz CT molecular complexity index is 187. The van der Waals surface area contributed by atoms with E-state index in [2.05, 4.69) is 0 Å². The van der Waals surface area contributed by atoms with Gasteiger partial charge in [-0.1, -0.05) is 22.6 Å². The summed E-state index contributed by atoms with van der Waals surface area (Å²) in [6, 6.07) is 0. The Hall–Kier alpha value is 0.520. The van der Waals surface area contributed by atoms with Crippen molar-refractivity contribution >= 4 is 22.6 Å². The van der Waals surface area contributed by atoms with Crippen LogP contribution in [-0.4, -0.2) is 10.1 Å². The summed E-state index contributed by atoms with van der Waals surface area (Å²) in [4.78, 5) is 0. The van der Waals surface area contributed by atoms with Crippen LogP contribution in [0.25, 0.3) is 0 Å². The molecule has 0 spiro atoms. The molecular formula is C8H10F3I. The van der Waals surface area contributed by atoms with Crippen molar-refractivity contribution in [3.63, 3.8) is 0 Å². The van der Waals surface area contributed by atoms with Gasteiger partial charge in [0.05, 0.1) is 5.92 Å². The number of rotatable bonds is 0. The Morgan fingerprint density at radius 3 is 2.00 bits per heavy atom. The molecule has 0 aromatic rings. The highest BCUT2D eigenvalue weighted by Crippen LogP contribution is 2.56. The lowest BCUT2D eigenvalue weighted by atomic mass is 9.88. The molecule has 0 N–H and O–H groups in total. The molecule has 4 atom stereocenters. The molecule has 0 aliphatic heterocycles. The molecule has 0 nitrogen and oxygen atoms in total. The number of halogens is 4. The van der Waals surface area contributed by atoms with E-state index in [-0.39, 0.29) is 9.84 Å². The predicted molar refractivity (Wildman–Crippen MR) is 48.2 cm³/mol. The minimum absolute atomic E-state index is 0.0584. The maximum Gasteiger partial charge on any atom is 0.393 e. The lowest BCUT2D eigenvalue weighted by molar-refractivity contribution is -0.183. The SMILES string of the molecule is FC(F)(F)C1C2CCC(C2)C1I. The van der Waals surface area contributed by atoms with E-state index in [9.17, 15) is 13.2 Å². The maximum atomic E-state index is 12.5. The zero-order valence-electron chi connectivity index (χ0n) is 6.44. The normalized spacial score (nSPS) is 47.0. The van der Waals surface area contributed by atoms with Crippen LogP contribution < -0.4 is 0 Å². The fourth-order valence-corrected chi connectivity index (χ4v) is 4.32. The van der Waals surface area contributed by atoms with Crippen molar-refractivity contribution < 1.29 is 13.2 Å². The Labute approximate surface area is 83.0 Å². The second kappa shape index (κ2) is 2.75. The largest absolute Gasteiger partial charge is 0.393 e. The lowest BCUT2D eigenvalue weighted by Crippen LogP contribution is -2.35. The van der Waals surface area contributed by atoms with Crippen molar-refractivity contribution in [2.75, 3.05) is 0 Å². The van der Waals surface area contributed by atoms with Gasteiger partial charge in [0.2, 0.25) is 0 Å². The van der Waals surface area contributed by atoms with Gasteiger partial charge < -0.3 is 0 Å². The monoisotopic (exact) mass is 290 g/mol. The van der Waals surface area contributed by atoms with E-state index in [1.54, 1.807) is 0 Å². The highest BCUT2D eigenvalue weighted by atomic mass is 127. The van der Waals surface area contributed by atoms with Gasteiger partial charge in [-0.3, -0.25) is 0 Å². The van der Waals surface area contributed by atoms with Crippen molar-refractivity contribution in [1.82, 2.24) is 0 Å². The molecule has 12 heavy (non-hydrogen) atoms. The molecule has 2 rings (SSSR count). The molecule has 0 aromatic heterocycles. The van der Waals surface area contributed by atoms with Crippen LogP contribution in [0, 0.1) is 17.8 Å². The van der Waals surface area contributed by atoms with Crippen LogP contribution in [0.4, 0.5) is 13.2 Å². The molecule has 4 heteroatoms. The van der Waals surface area contributed by atoms with Gasteiger partial charge in [-0.15, -0.1) is 0 Å². The van der Waals surface area contributed by atoms with Crippen LogP contribution in [0.3, 0.4) is 0 Å². The van der Waals surface area contributed by atoms with Crippen molar-refractivity contribution in [3.8, 4) is 0 Å². The van der Waals surface area contributed by atoms with Crippen molar-refractivity contribution in [2.45, 2.75) is 29.4 Å². The molecule has 2 bridgehead atoms. The molecule has 2 aliphatic rings. The van der Waals surface area contributed by atoms with Crippen LogP contribution in [0.15, 0.2) is 0 Å². The smallest absolute Gasteiger partial charge is 0.171 e. The van der Waals surface area contributed by atoms with E-state index in [4.69, 9.17) is 0 Å². The van der Waals surface area contributed by atoms with E-state index in [0.717, 1.165) is 19.3 Å². The highest BCUT2D eigenvalue weighted by Gasteiger charge is 2.57. The summed E-state index contributed by atoms with van der Waals surface area (Å²) in [6.07, 6.45) is -1.32. The molecule has 0 saturated heterocycles. The van der Waals surface area contributed by atoms with Crippen LogP contribution in [0.5, 0.6) is 0 Å². The summed E-state index contributed by atoms with van der Waals surface area (Å²) < 4.78 is 37.2. The van der Waals surface area contributed by atoms with Gasteiger partial charge in [0, 0.05) is 3.92 Å². The lowest BCUT2D eigenvalue weighted by Gasteiger charge is -2.28. The standard InChI is InChI=1S/C8H10F3I/c9-8(10,11)6-4-1-2-5(3-4)7(6)12/h4-7H,1-3H2. The second-order valence-corrected chi connectivity index (χ2v) is 5.28. The average Bonchev–Trinajstić information content (AvgIpc) is 2.42. The van der Waals surface area contributed by atoms with Gasteiger partial charge in [0.15, 0.2) is 0 Å². The van der Waals surface area contributed by atoms with E-state index >= 15 is 0 Å². The number of fused-ring (bicyclic) bond motifs is 2. The first kappa shape index (κ1) is 9.09. The third kappa shape index (κ3) is 1.26. The number of hydrogen-bond acceptors (Lipinski definition) is 0. The molecule has 0 heterocycles. The zero-order valence-corrected chi connectivity index (χ0v) is 8.60. The van der Waals surface area contributed by atoms with Gasteiger partial charge in [0.25, 0.3) is 0 Å². The molecule has 0 amide bonds. The first-order valence-electron chi connectivity index (χ1n) is 4.21. The molecular weight excluding hydrogens is 280 g/mol. The molecule has 0 aromatic carbocycles. The van der Waals surface area contributed by atoms with E-state index in [0.29, 0.717) is 5.92 Å². The molecule has 2 fully saturated rings. The molecule has 4 unspecified atom stereocenters. The summed E-state index contributed by atoms with van der Waals surface area (Å²) in [5.74, 6) is -0.712.